The Balaban J connectivity index is 1.85. The van der Waals surface area contributed by atoms with Crippen molar-refractivity contribution in [2.75, 3.05) is 19.8 Å². The lowest BCUT2D eigenvalue weighted by Gasteiger charge is -2.22. The molecule has 1 atom stereocenters. The zero-order chi connectivity index (χ0) is 13.8. The second-order valence-electron chi connectivity index (χ2n) is 4.93. The van der Waals surface area contributed by atoms with Crippen LogP contribution in [0.15, 0.2) is 36.5 Å². The highest BCUT2D eigenvalue weighted by atomic mass is 16.5. The molecule has 1 unspecified atom stereocenters. The van der Waals surface area contributed by atoms with Crippen LogP contribution in [-0.4, -0.2) is 29.7 Å². The molecule has 4 heteroatoms. The van der Waals surface area contributed by atoms with Crippen molar-refractivity contribution in [2.45, 2.75) is 19.4 Å². The van der Waals surface area contributed by atoms with Crippen LogP contribution in [0.1, 0.15) is 24.4 Å². The van der Waals surface area contributed by atoms with E-state index < -0.39 is 0 Å². The summed E-state index contributed by atoms with van der Waals surface area (Å²) in [4.78, 5) is 9.04. The molecule has 0 saturated carbocycles. The van der Waals surface area contributed by atoms with Crippen molar-refractivity contribution in [3.63, 3.8) is 0 Å². The van der Waals surface area contributed by atoms with Gasteiger partial charge >= 0.3 is 0 Å². The highest BCUT2D eigenvalue weighted by Gasteiger charge is 2.18. The summed E-state index contributed by atoms with van der Waals surface area (Å²) >= 11 is 0. The second kappa shape index (κ2) is 6.11. The molecule has 2 aromatic rings. The summed E-state index contributed by atoms with van der Waals surface area (Å²) in [6, 6.07) is 10.6. The molecule has 0 radical (unpaired) electrons. The largest absolute Gasteiger partial charge is 0.378 e. The van der Waals surface area contributed by atoms with Crippen LogP contribution < -0.4 is 5.32 Å². The normalized spacial score (nSPS) is 18.9. The maximum absolute atomic E-state index is 5.47. The third-order valence-corrected chi connectivity index (χ3v) is 3.57. The maximum Gasteiger partial charge on any atom is 0.148 e. The van der Waals surface area contributed by atoms with Gasteiger partial charge in [0.05, 0.1) is 24.9 Å². The topological polar surface area (TPSA) is 47.0 Å². The van der Waals surface area contributed by atoms with Gasteiger partial charge in [-0.3, -0.25) is 0 Å². The van der Waals surface area contributed by atoms with Crippen molar-refractivity contribution in [2.24, 2.45) is 0 Å². The monoisotopic (exact) mass is 269 g/mol. The molecule has 0 aliphatic carbocycles. The minimum Gasteiger partial charge on any atom is -0.378 e. The molecular weight excluding hydrogens is 250 g/mol. The maximum atomic E-state index is 5.47. The average molecular weight is 269 g/mol. The van der Waals surface area contributed by atoms with Gasteiger partial charge in [0.15, 0.2) is 0 Å². The number of hydrogen-bond donors (Lipinski definition) is 1. The standard InChI is InChI=1S/C16H19N3O/c1-2-12-3-5-13(6-4-12)14-7-8-18-16(19-14)15-11-20-10-9-17-15/h3-8,15,17H,2,9-11H2,1H3. The molecule has 1 aliphatic rings. The molecule has 4 nitrogen and oxygen atoms in total. The molecule has 0 amide bonds. The van der Waals surface area contributed by atoms with E-state index in [9.17, 15) is 0 Å². The van der Waals surface area contributed by atoms with E-state index in [2.05, 4.69) is 46.5 Å². The molecule has 20 heavy (non-hydrogen) atoms. The molecule has 1 saturated heterocycles. The van der Waals surface area contributed by atoms with Crippen molar-refractivity contribution < 1.29 is 4.74 Å². The number of rotatable bonds is 3. The van der Waals surface area contributed by atoms with E-state index in [1.165, 1.54) is 5.56 Å². The highest BCUT2D eigenvalue weighted by Crippen LogP contribution is 2.20. The highest BCUT2D eigenvalue weighted by molar-refractivity contribution is 5.59. The zero-order valence-electron chi connectivity index (χ0n) is 11.7. The van der Waals surface area contributed by atoms with Crippen molar-refractivity contribution in [1.29, 1.82) is 0 Å². The molecule has 1 fully saturated rings. The van der Waals surface area contributed by atoms with Gasteiger partial charge in [-0.2, -0.15) is 0 Å². The number of morpholine rings is 1. The van der Waals surface area contributed by atoms with Gasteiger partial charge in [0, 0.05) is 18.3 Å². The number of aryl methyl sites for hydroxylation is 1. The molecule has 1 aromatic carbocycles. The fourth-order valence-corrected chi connectivity index (χ4v) is 2.34. The summed E-state index contributed by atoms with van der Waals surface area (Å²) < 4.78 is 5.47. The summed E-state index contributed by atoms with van der Waals surface area (Å²) in [6.45, 7) is 4.41. The second-order valence-corrected chi connectivity index (χ2v) is 4.93. The SMILES string of the molecule is CCc1ccc(-c2ccnc(C3COCCN3)n2)cc1. The predicted molar refractivity (Wildman–Crippen MR) is 78.4 cm³/mol. The first-order valence-corrected chi connectivity index (χ1v) is 7.10. The minimum absolute atomic E-state index is 0.0959. The summed E-state index contributed by atoms with van der Waals surface area (Å²) in [5.74, 6) is 0.807. The van der Waals surface area contributed by atoms with Crippen LogP contribution in [0.2, 0.25) is 0 Å². The Morgan fingerprint density at radius 3 is 2.80 bits per heavy atom. The van der Waals surface area contributed by atoms with Gasteiger partial charge in [-0.15, -0.1) is 0 Å². The van der Waals surface area contributed by atoms with E-state index in [1.54, 1.807) is 0 Å². The number of benzene rings is 1. The molecule has 0 bridgehead atoms. The fourth-order valence-electron chi connectivity index (χ4n) is 2.34. The van der Waals surface area contributed by atoms with Gasteiger partial charge in [0.25, 0.3) is 0 Å². The van der Waals surface area contributed by atoms with Crippen LogP contribution in [0, 0.1) is 0 Å². The van der Waals surface area contributed by atoms with E-state index in [4.69, 9.17) is 4.74 Å². The lowest BCUT2D eigenvalue weighted by Crippen LogP contribution is -2.35. The van der Waals surface area contributed by atoms with Gasteiger partial charge in [0.2, 0.25) is 0 Å². The first-order valence-electron chi connectivity index (χ1n) is 7.10. The van der Waals surface area contributed by atoms with E-state index in [0.717, 1.165) is 36.7 Å². The fraction of sp³-hybridized carbons (Fsp3) is 0.375. The van der Waals surface area contributed by atoms with E-state index in [-0.39, 0.29) is 6.04 Å². The van der Waals surface area contributed by atoms with Crippen LogP contribution in [0.3, 0.4) is 0 Å². The number of ether oxygens (including phenoxy) is 1. The number of hydrogen-bond acceptors (Lipinski definition) is 4. The van der Waals surface area contributed by atoms with Gasteiger partial charge in [-0.25, -0.2) is 9.97 Å². The van der Waals surface area contributed by atoms with Crippen LogP contribution >= 0.6 is 0 Å². The number of aromatic nitrogens is 2. The van der Waals surface area contributed by atoms with E-state index in [0.29, 0.717) is 6.61 Å². The van der Waals surface area contributed by atoms with Crippen molar-refractivity contribution >= 4 is 0 Å². The third kappa shape index (κ3) is 2.86. The minimum atomic E-state index is 0.0959. The number of nitrogens with one attached hydrogen (secondary N) is 1. The molecule has 0 spiro atoms. The Bertz CT molecular complexity index is 562. The molecule has 1 N–H and O–H groups in total. The summed E-state index contributed by atoms with van der Waals surface area (Å²) in [7, 11) is 0. The number of nitrogens with zero attached hydrogens (tertiary/aromatic N) is 2. The van der Waals surface area contributed by atoms with Crippen molar-refractivity contribution in [3.8, 4) is 11.3 Å². The van der Waals surface area contributed by atoms with Crippen LogP contribution in [0.5, 0.6) is 0 Å². The van der Waals surface area contributed by atoms with Gasteiger partial charge in [-0.1, -0.05) is 31.2 Å². The zero-order valence-corrected chi connectivity index (χ0v) is 11.7. The third-order valence-electron chi connectivity index (χ3n) is 3.57. The molecule has 3 rings (SSSR count). The molecular formula is C16H19N3O. The first kappa shape index (κ1) is 13.2. The summed E-state index contributed by atoms with van der Waals surface area (Å²) in [5.41, 5.74) is 3.43. The lowest BCUT2D eigenvalue weighted by molar-refractivity contribution is 0.0742. The van der Waals surface area contributed by atoms with Crippen molar-refractivity contribution in [3.05, 3.63) is 47.9 Å². The van der Waals surface area contributed by atoms with Crippen LogP contribution in [-0.2, 0) is 11.2 Å². The Morgan fingerprint density at radius 1 is 1.25 bits per heavy atom. The molecule has 2 heterocycles. The van der Waals surface area contributed by atoms with E-state index >= 15 is 0 Å². The van der Waals surface area contributed by atoms with Crippen LogP contribution in [0.4, 0.5) is 0 Å². The Labute approximate surface area is 119 Å². The summed E-state index contributed by atoms with van der Waals surface area (Å²) in [6.07, 6.45) is 2.88. The average Bonchev–Trinajstić information content (AvgIpc) is 2.56. The Hall–Kier alpha value is -1.78. The van der Waals surface area contributed by atoms with Gasteiger partial charge in [-0.05, 0) is 18.1 Å². The van der Waals surface area contributed by atoms with Gasteiger partial charge < -0.3 is 10.1 Å². The lowest BCUT2D eigenvalue weighted by atomic mass is 10.1. The van der Waals surface area contributed by atoms with Gasteiger partial charge in [0.1, 0.15) is 5.82 Å². The quantitative estimate of drug-likeness (QED) is 0.929. The smallest absolute Gasteiger partial charge is 0.148 e. The Morgan fingerprint density at radius 2 is 2.10 bits per heavy atom. The first-order chi connectivity index (χ1) is 9.86. The molecule has 1 aliphatic heterocycles. The predicted octanol–water partition coefficient (Wildman–Crippen LogP) is 2.37. The molecule has 104 valence electrons. The van der Waals surface area contributed by atoms with Crippen molar-refractivity contribution in [1.82, 2.24) is 15.3 Å². The summed E-state index contributed by atoms with van der Waals surface area (Å²) in [5, 5.41) is 3.38. The van der Waals surface area contributed by atoms with Crippen LogP contribution in [0.25, 0.3) is 11.3 Å². The molecule has 1 aromatic heterocycles. The van der Waals surface area contributed by atoms with E-state index in [1.807, 2.05) is 12.3 Å². The Kier molecular flexibility index (Phi) is 4.04.